The second-order valence-electron chi connectivity index (χ2n) is 6.63. The highest BCUT2D eigenvalue weighted by Gasteiger charge is 2.37. The Bertz CT molecular complexity index is 349. The van der Waals surface area contributed by atoms with Crippen molar-refractivity contribution in [1.29, 1.82) is 0 Å². The molecule has 3 atom stereocenters. The van der Waals surface area contributed by atoms with Crippen molar-refractivity contribution in [3.8, 4) is 0 Å². The van der Waals surface area contributed by atoms with Crippen LogP contribution in [0.5, 0.6) is 0 Å². The summed E-state index contributed by atoms with van der Waals surface area (Å²) in [5, 5.41) is 12.2. The van der Waals surface area contributed by atoms with E-state index < -0.39 is 12.0 Å². The minimum absolute atomic E-state index is 0.00180. The van der Waals surface area contributed by atoms with Crippen molar-refractivity contribution < 1.29 is 14.7 Å². The molecule has 0 saturated carbocycles. The molecular formula is C14H26N2O3. The van der Waals surface area contributed by atoms with Crippen molar-refractivity contribution in [3.63, 3.8) is 0 Å². The summed E-state index contributed by atoms with van der Waals surface area (Å²) in [6, 6.07) is -0.978. The van der Waals surface area contributed by atoms with Gasteiger partial charge in [0.05, 0.1) is 0 Å². The maximum Gasteiger partial charge on any atom is 0.326 e. The molecule has 1 aliphatic heterocycles. The van der Waals surface area contributed by atoms with Gasteiger partial charge in [-0.05, 0) is 31.1 Å². The van der Waals surface area contributed by atoms with Crippen LogP contribution >= 0.6 is 0 Å². The lowest BCUT2D eigenvalue weighted by molar-refractivity contribution is -0.145. The van der Waals surface area contributed by atoms with Gasteiger partial charge in [0.1, 0.15) is 6.04 Å². The van der Waals surface area contributed by atoms with Gasteiger partial charge in [0.25, 0.3) is 0 Å². The molecule has 1 fully saturated rings. The zero-order chi connectivity index (χ0) is 14.8. The average Bonchev–Trinajstić information content (AvgIpc) is 2.26. The first kappa shape index (κ1) is 15.8. The smallest absolute Gasteiger partial charge is 0.326 e. The molecule has 1 heterocycles. The highest BCUT2D eigenvalue weighted by atomic mass is 16.4. The quantitative estimate of drug-likeness (QED) is 0.809. The van der Waals surface area contributed by atoms with Crippen LogP contribution in [0.3, 0.4) is 0 Å². The Labute approximate surface area is 115 Å². The van der Waals surface area contributed by atoms with Gasteiger partial charge in [-0.25, -0.2) is 9.59 Å². The molecule has 0 aromatic heterocycles. The van der Waals surface area contributed by atoms with Gasteiger partial charge in [0.2, 0.25) is 0 Å². The number of carbonyl (C=O) groups is 2. The van der Waals surface area contributed by atoms with E-state index >= 15 is 0 Å². The fraction of sp³-hybridized carbons (Fsp3) is 0.857. The molecule has 0 aromatic rings. The first-order valence-corrected chi connectivity index (χ1v) is 6.94. The van der Waals surface area contributed by atoms with E-state index in [4.69, 9.17) is 0 Å². The van der Waals surface area contributed by atoms with E-state index in [0.29, 0.717) is 6.54 Å². The number of carbonyl (C=O) groups excluding carboxylic acids is 1. The van der Waals surface area contributed by atoms with Crippen LogP contribution in [0.1, 0.15) is 47.5 Å². The van der Waals surface area contributed by atoms with Gasteiger partial charge < -0.3 is 15.3 Å². The number of aliphatic carboxylic acids is 1. The van der Waals surface area contributed by atoms with Crippen molar-refractivity contribution >= 4 is 12.0 Å². The van der Waals surface area contributed by atoms with Crippen molar-refractivity contribution in [3.05, 3.63) is 0 Å². The number of urea groups is 1. The number of amides is 2. The van der Waals surface area contributed by atoms with Gasteiger partial charge in [-0.1, -0.05) is 27.7 Å². The average molecular weight is 270 g/mol. The van der Waals surface area contributed by atoms with Crippen LogP contribution < -0.4 is 5.32 Å². The predicted molar refractivity (Wildman–Crippen MR) is 74.0 cm³/mol. The van der Waals surface area contributed by atoms with Crippen molar-refractivity contribution in [2.75, 3.05) is 6.54 Å². The lowest BCUT2D eigenvalue weighted by atomic mass is 9.88. The zero-order valence-corrected chi connectivity index (χ0v) is 12.6. The summed E-state index contributed by atoms with van der Waals surface area (Å²) in [5.41, 5.74) is -0.0459. The van der Waals surface area contributed by atoms with Crippen LogP contribution in [0.2, 0.25) is 0 Å². The summed E-state index contributed by atoms with van der Waals surface area (Å²) in [5.74, 6) is -0.910. The molecule has 0 spiro atoms. The lowest BCUT2D eigenvalue weighted by Gasteiger charge is -2.39. The summed E-state index contributed by atoms with van der Waals surface area (Å²) in [7, 11) is 0. The van der Waals surface area contributed by atoms with E-state index in [0.717, 1.165) is 12.8 Å². The standard InChI is InChI=1S/C14H26N2O3/c1-9-7-6-8-16(11(9)12(17)18)13(19)15-10(2)14(3,4)5/h9-11H,6-8H2,1-5H3,(H,15,19)(H,17,18). The maximum atomic E-state index is 12.3. The third-order valence-electron chi connectivity index (χ3n) is 4.09. The molecule has 0 bridgehead atoms. The Morgan fingerprint density at radius 1 is 1.37 bits per heavy atom. The van der Waals surface area contributed by atoms with E-state index in [1.165, 1.54) is 4.90 Å². The lowest BCUT2D eigenvalue weighted by Crippen LogP contribution is -2.57. The molecule has 0 aliphatic carbocycles. The van der Waals surface area contributed by atoms with Crippen LogP contribution in [-0.2, 0) is 4.79 Å². The van der Waals surface area contributed by atoms with E-state index in [1.807, 2.05) is 34.6 Å². The Morgan fingerprint density at radius 3 is 2.42 bits per heavy atom. The van der Waals surface area contributed by atoms with Crippen molar-refractivity contribution in [2.24, 2.45) is 11.3 Å². The summed E-state index contributed by atoms with van der Waals surface area (Å²) < 4.78 is 0. The van der Waals surface area contributed by atoms with Gasteiger partial charge in [-0.3, -0.25) is 0 Å². The summed E-state index contributed by atoms with van der Waals surface area (Å²) >= 11 is 0. The molecule has 0 aromatic carbocycles. The molecule has 1 saturated heterocycles. The normalized spacial score (nSPS) is 25.8. The molecule has 110 valence electrons. The Hall–Kier alpha value is -1.26. The summed E-state index contributed by atoms with van der Waals surface area (Å²) in [4.78, 5) is 25.1. The molecule has 2 amide bonds. The van der Waals surface area contributed by atoms with Crippen molar-refractivity contribution in [2.45, 2.75) is 59.5 Å². The highest BCUT2D eigenvalue weighted by Crippen LogP contribution is 2.24. The van der Waals surface area contributed by atoms with Crippen LogP contribution in [-0.4, -0.2) is 40.6 Å². The van der Waals surface area contributed by atoms with Gasteiger partial charge in [0.15, 0.2) is 0 Å². The van der Waals surface area contributed by atoms with E-state index in [9.17, 15) is 14.7 Å². The monoisotopic (exact) mass is 270 g/mol. The molecule has 19 heavy (non-hydrogen) atoms. The number of hydrogen-bond acceptors (Lipinski definition) is 2. The first-order valence-electron chi connectivity index (χ1n) is 6.94. The number of piperidine rings is 1. The molecule has 2 N–H and O–H groups in total. The molecule has 5 heteroatoms. The van der Waals surface area contributed by atoms with Crippen LogP contribution in [0.25, 0.3) is 0 Å². The fourth-order valence-corrected chi connectivity index (χ4v) is 2.28. The van der Waals surface area contributed by atoms with E-state index in [1.54, 1.807) is 0 Å². The number of hydrogen-bond donors (Lipinski definition) is 2. The summed E-state index contributed by atoms with van der Waals surface area (Å²) in [6.45, 7) is 10.5. The van der Waals surface area contributed by atoms with Crippen LogP contribution in [0.4, 0.5) is 4.79 Å². The van der Waals surface area contributed by atoms with E-state index in [2.05, 4.69) is 5.32 Å². The van der Waals surface area contributed by atoms with Crippen LogP contribution in [0.15, 0.2) is 0 Å². The molecular weight excluding hydrogens is 244 g/mol. The highest BCUT2D eigenvalue weighted by molar-refractivity contribution is 5.83. The number of nitrogens with one attached hydrogen (secondary N) is 1. The molecule has 1 aliphatic rings. The number of carboxylic acid groups (broad SMARTS) is 1. The molecule has 3 unspecified atom stereocenters. The minimum atomic E-state index is -0.911. The maximum absolute atomic E-state index is 12.3. The van der Waals surface area contributed by atoms with Gasteiger partial charge in [0, 0.05) is 12.6 Å². The largest absolute Gasteiger partial charge is 0.480 e. The summed E-state index contributed by atoms with van der Waals surface area (Å²) in [6.07, 6.45) is 1.72. The Kier molecular flexibility index (Phi) is 4.82. The van der Waals surface area contributed by atoms with Gasteiger partial charge in [-0.15, -0.1) is 0 Å². The second-order valence-corrected chi connectivity index (χ2v) is 6.63. The fourth-order valence-electron chi connectivity index (χ4n) is 2.28. The number of likely N-dealkylation sites (tertiary alicyclic amines) is 1. The SMILES string of the molecule is CC1CCCN(C(=O)NC(C)C(C)(C)C)C1C(=O)O. The van der Waals surface area contributed by atoms with Gasteiger partial charge >= 0.3 is 12.0 Å². The minimum Gasteiger partial charge on any atom is -0.480 e. The molecule has 0 radical (unpaired) electrons. The van der Waals surface area contributed by atoms with Crippen LogP contribution in [0, 0.1) is 11.3 Å². The first-order chi connectivity index (χ1) is 8.64. The Balaban J connectivity index is 2.76. The second kappa shape index (κ2) is 5.80. The zero-order valence-electron chi connectivity index (χ0n) is 12.6. The Morgan fingerprint density at radius 2 is 1.95 bits per heavy atom. The third-order valence-corrected chi connectivity index (χ3v) is 4.09. The number of nitrogens with zero attached hydrogens (tertiary/aromatic N) is 1. The number of rotatable bonds is 2. The number of carboxylic acids is 1. The molecule has 5 nitrogen and oxygen atoms in total. The predicted octanol–water partition coefficient (Wildman–Crippen LogP) is 2.32. The topological polar surface area (TPSA) is 69.6 Å². The van der Waals surface area contributed by atoms with Gasteiger partial charge in [-0.2, -0.15) is 0 Å². The third kappa shape index (κ3) is 3.85. The van der Waals surface area contributed by atoms with E-state index in [-0.39, 0.29) is 23.4 Å². The van der Waals surface area contributed by atoms with Crippen molar-refractivity contribution in [1.82, 2.24) is 10.2 Å². The molecule has 1 rings (SSSR count).